The number of likely N-dealkylation sites (tertiary alicyclic amines) is 1. The number of carbonyl (C=O) groups excluding carboxylic acids is 2. The van der Waals surface area contributed by atoms with Gasteiger partial charge in [-0.15, -0.1) is 0 Å². The monoisotopic (exact) mass is 552 g/mol. The van der Waals surface area contributed by atoms with Crippen molar-refractivity contribution in [2.24, 2.45) is 23.7 Å². The number of benzene rings is 1. The van der Waals surface area contributed by atoms with Crippen molar-refractivity contribution in [3.8, 4) is 0 Å². The molecular formula is C30H36N2O8. The van der Waals surface area contributed by atoms with Gasteiger partial charge in [-0.2, -0.15) is 5.06 Å². The Morgan fingerprint density at radius 1 is 1.25 bits per heavy atom. The van der Waals surface area contributed by atoms with Gasteiger partial charge in [0.15, 0.2) is 0 Å². The second kappa shape index (κ2) is 8.87. The van der Waals surface area contributed by atoms with Crippen LogP contribution in [-0.4, -0.2) is 88.9 Å². The summed E-state index contributed by atoms with van der Waals surface area (Å²) in [7, 11) is 1.50. The lowest BCUT2D eigenvalue weighted by Gasteiger charge is -2.47. The summed E-state index contributed by atoms with van der Waals surface area (Å²) in [6, 6.07) is 7.55. The molecule has 4 bridgehead atoms. The van der Waals surface area contributed by atoms with E-state index in [1.54, 1.807) is 13.1 Å². The number of anilines is 1. The summed E-state index contributed by atoms with van der Waals surface area (Å²) < 4.78 is 12.1. The second-order valence-electron chi connectivity index (χ2n) is 12.3. The van der Waals surface area contributed by atoms with Crippen LogP contribution >= 0.6 is 0 Å². The normalized spacial score (nSPS) is 45.5. The van der Waals surface area contributed by atoms with E-state index in [2.05, 4.69) is 11.0 Å². The third-order valence-electron chi connectivity index (χ3n) is 10.9. The number of fused-ring (bicyclic) bond motifs is 3. The molecule has 1 spiro atoms. The van der Waals surface area contributed by atoms with Crippen molar-refractivity contribution in [1.29, 1.82) is 0 Å². The fourth-order valence-corrected chi connectivity index (χ4v) is 8.76. The van der Waals surface area contributed by atoms with Crippen LogP contribution in [-0.2, 0) is 29.3 Å². The Kier molecular flexibility index (Phi) is 5.80. The SMILES string of the molecule is CC=C1CN(C=C2C(=O)O[C@H]3[C@@H](O)[C@H](C)[C@@](O)(CO)[C@@H]23)[C@H]2C[C@@]3(C(=O)N(OC)c4ccccc43)[C@H]3C[C@@H]1[C@@H]2CO3. The van der Waals surface area contributed by atoms with Crippen LogP contribution in [0.4, 0.5) is 5.69 Å². The third-order valence-corrected chi connectivity index (χ3v) is 10.9. The Bertz CT molecular complexity index is 1330. The van der Waals surface area contributed by atoms with Crippen LogP contribution in [0.1, 0.15) is 32.3 Å². The van der Waals surface area contributed by atoms with Gasteiger partial charge in [-0.3, -0.25) is 9.63 Å². The maximum atomic E-state index is 14.2. The van der Waals surface area contributed by atoms with Crippen LogP contribution in [0, 0.1) is 23.7 Å². The van der Waals surface area contributed by atoms with Gasteiger partial charge in [0.1, 0.15) is 17.1 Å². The summed E-state index contributed by atoms with van der Waals surface area (Å²) in [5, 5.41) is 33.7. The number of aliphatic hydroxyl groups excluding tert-OH is 2. The molecule has 1 aromatic rings. The Balaban J connectivity index is 1.35. The molecule has 10 heteroatoms. The van der Waals surface area contributed by atoms with Gasteiger partial charge in [-0.25, -0.2) is 4.79 Å². The average molecular weight is 553 g/mol. The number of hydrogen-bond donors (Lipinski definition) is 3. The van der Waals surface area contributed by atoms with Gasteiger partial charge in [0.2, 0.25) is 0 Å². The average Bonchev–Trinajstić information content (AvgIpc) is 3.39. The summed E-state index contributed by atoms with van der Waals surface area (Å²) in [5.74, 6) is -1.99. The number of para-hydroxylation sites is 1. The van der Waals surface area contributed by atoms with Gasteiger partial charge >= 0.3 is 5.97 Å². The molecule has 6 fully saturated rings. The van der Waals surface area contributed by atoms with Crippen molar-refractivity contribution >= 4 is 17.6 Å². The minimum atomic E-state index is -1.70. The molecule has 8 rings (SSSR count). The van der Waals surface area contributed by atoms with Gasteiger partial charge in [-0.05, 0) is 37.3 Å². The third kappa shape index (κ3) is 3.11. The molecule has 5 aliphatic heterocycles. The quantitative estimate of drug-likeness (QED) is 0.286. The highest BCUT2D eigenvalue weighted by atomic mass is 16.7. The van der Waals surface area contributed by atoms with Crippen LogP contribution in [0.25, 0.3) is 0 Å². The number of nitrogens with zero attached hydrogens (tertiary/aromatic N) is 2. The maximum Gasteiger partial charge on any atom is 0.336 e. The number of hydrogen-bond acceptors (Lipinski definition) is 9. The summed E-state index contributed by atoms with van der Waals surface area (Å²) in [6.07, 6.45) is 2.71. The molecule has 1 aromatic carbocycles. The summed E-state index contributed by atoms with van der Waals surface area (Å²) >= 11 is 0. The first kappa shape index (κ1) is 26.2. The number of allylic oxidation sites excluding steroid dienone is 1. The van der Waals surface area contributed by atoms with E-state index in [1.165, 1.54) is 17.7 Å². The largest absolute Gasteiger partial charge is 0.455 e. The van der Waals surface area contributed by atoms with Crippen molar-refractivity contribution in [2.45, 2.75) is 62.1 Å². The molecule has 5 heterocycles. The smallest absolute Gasteiger partial charge is 0.336 e. The van der Waals surface area contributed by atoms with E-state index in [0.717, 1.165) is 11.3 Å². The summed E-state index contributed by atoms with van der Waals surface area (Å²) in [6.45, 7) is 4.10. The van der Waals surface area contributed by atoms with Crippen molar-refractivity contribution in [1.82, 2.24) is 4.90 Å². The van der Waals surface area contributed by atoms with Gasteiger partial charge in [-0.1, -0.05) is 36.8 Å². The van der Waals surface area contributed by atoms with Crippen molar-refractivity contribution in [2.75, 3.05) is 31.9 Å². The summed E-state index contributed by atoms with van der Waals surface area (Å²) in [5.41, 5.74) is 0.407. The van der Waals surface area contributed by atoms with Crippen LogP contribution in [0.15, 0.2) is 47.7 Å². The molecule has 3 N–H and O–H groups in total. The molecule has 7 aliphatic rings. The molecule has 2 saturated carbocycles. The number of ether oxygens (including phenoxy) is 2. The minimum absolute atomic E-state index is 0.0852. The Morgan fingerprint density at radius 2 is 2.02 bits per heavy atom. The van der Waals surface area contributed by atoms with Gasteiger partial charge in [0, 0.05) is 30.6 Å². The Hall–Kier alpha value is -2.76. The van der Waals surface area contributed by atoms with Crippen LogP contribution in [0.3, 0.4) is 0 Å². The van der Waals surface area contributed by atoms with Gasteiger partial charge in [0.05, 0.1) is 49.7 Å². The fourth-order valence-electron chi connectivity index (χ4n) is 8.76. The number of carbonyl (C=O) groups is 2. The molecule has 0 radical (unpaired) electrons. The molecule has 0 unspecified atom stereocenters. The first-order valence-corrected chi connectivity index (χ1v) is 14.2. The lowest BCUT2D eigenvalue weighted by atomic mass is 9.72. The predicted octanol–water partition coefficient (Wildman–Crippen LogP) is 1.05. The highest BCUT2D eigenvalue weighted by molar-refractivity contribution is 6.07. The number of esters is 1. The number of hydroxylamine groups is 1. The number of aliphatic hydroxyl groups is 3. The lowest BCUT2D eigenvalue weighted by molar-refractivity contribution is -0.143. The van der Waals surface area contributed by atoms with E-state index < -0.39 is 47.6 Å². The minimum Gasteiger partial charge on any atom is -0.455 e. The molecule has 0 aromatic heterocycles. The highest BCUT2D eigenvalue weighted by Crippen LogP contribution is 2.58. The van der Waals surface area contributed by atoms with Crippen LogP contribution in [0.2, 0.25) is 0 Å². The summed E-state index contributed by atoms with van der Waals surface area (Å²) in [4.78, 5) is 35.1. The Labute approximate surface area is 232 Å². The molecule has 2 aliphatic carbocycles. The molecule has 10 nitrogen and oxygen atoms in total. The number of amides is 1. The van der Waals surface area contributed by atoms with Crippen LogP contribution < -0.4 is 5.06 Å². The number of rotatable bonds is 3. The van der Waals surface area contributed by atoms with E-state index in [1.807, 2.05) is 31.2 Å². The maximum absolute atomic E-state index is 14.2. The zero-order chi connectivity index (χ0) is 28.1. The van der Waals surface area contributed by atoms with E-state index in [9.17, 15) is 24.9 Å². The predicted molar refractivity (Wildman–Crippen MR) is 141 cm³/mol. The highest BCUT2D eigenvalue weighted by Gasteiger charge is 2.66. The van der Waals surface area contributed by atoms with E-state index in [4.69, 9.17) is 14.3 Å². The standard InChI is InChI=1S/C30H36N2O8/c1-4-16-11-31(12-18-24-26(40-27(18)35)25(34)15(2)30(24,37)14-33)22-10-29(23-9-17(16)19(22)13-39-23)20-7-5-6-8-21(20)32(38-3)28(29)36/h4-8,12,15,17,19,22-26,33-34,37H,9-11,13-14H2,1-3H3/t15-,17-,19-,22-,23+,24-,25-,26+,29-,30-/m0/s1. The first-order valence-electron chi connectivity index (χ1n) is 14.2. The van der Waals surface area contributed by atoms with E-state index in [-0.39, 0.29) is 35.5 Å². The second-order valence-corrected chi connectivity index (χ2v) is 12.3. The topological polar surface area (TPSA) is 129 Å². The first-order chi connectivity index (χ1) is 19.2. The molecular weight excluding hydrogens is 516 g/mol. The Morgan fingerprint density at radius 3 is 2.75 bits per heavy atom. The van der Waals surface area contributed by atoms with Crippen molar-refractivity contribution < 1.29 is 39.2 Å². The van der Waals surface area contributed by atoms with Gasteiger partial charge in [0.25, 0.3) is 5.91 Å². The van der Waals surface area contributed by atoms with Crippen LogP contribution in [0.5, 0.6) is 0 Å². The zero-order valence-electron chi connectivity index (χ0n) is 22.9. The molecule has 214 valence electrons. The lowest BCUT2D eigenvalue weighted by Crippen LogP contribution is -2.51. The molecule has 1 amide bonds. The molecule has 10 atom stereocenters. The van der Waals surface area contributed by atoms with Crippen molar-refractivity contribution in [3.05, 3.63) is 53.3 Å². The number of piperidine rings is 1. The van der Waals surface area contributed by atoms with E-state index >= 15 is 0 Å². The molecule has 4 saturated heterocycles. The molecule has 40 heavy (non-hydrogen) atoms. The van der Waals surface area contributed by atoms with Crippen molar-refractivity contribution in [3.63, 3.8) is 0 Å². The van der Waals surface area contributed by atoms with Gasteiger partial charge < -0.3 is 29.7 Å². The fraction of sp³-hybridized carbons (Fsp3) is 0.600. The zero-order valence-corrected chi connectivity index (χ0v) is 22.9. The van der Waals surface area contributed by atoms with E-state index in [0.29, 0.717) is 26.0 Å².